The molecule has 3 rings (SSSR count). The highest BCUT2D eigenvalue weighted by atomic mass is 19.1. The molecule has 5 nitrogen and oxygen atoms in total. The number of hydrogen-bond acceptors (Lipinski definition) is 5. The fourth-order valence-electron chi connectivity index (χ4n) is 1.98. The molecule has 0 unspecified atom stereocenters. The van der Waals surface area contributed by atoms with Crippen LogP contribution < -0.4 is 16.6 Å². The van der Waals surface area contributed by atoms with Gasteiger partial charge in [0.2, 0.25) is 0 Å². The minimum absolute atomic E-state index is 0.228. The maximum atomic E-state index is 13.6. The van der Waals surface area contributed by atoms with Gasteiger partial charge < -0.3 is 10.7 Å². The molecule has 1 fully saturated rings. The van der Waals surface area contributed by atoms with Crippen molar-refractivity contribution in [3.05, 3.63) is 47.5 Å². The minimum Gasteiger partial charge on any atom is -0.366 e. The van der Waals surface area contributed by atoms with Crippen LogP contribution >= 0.6 is 0 Å². The molecule has 20 heavy (non-hydrogen) atoms. The van der Waals surface area contributed by atoms with Crippen LogP contribution in [0.2, 0.25) is 0 Å². The molecule has 6 heteroatoms. The van der Waals surface area contributed by atoms with Crippen LogP contribution in [-0.2, 0) is 6.54 Å². The number of nitrogens with two attached hydrogens (primary N) is 1. The summed E-state index contributed by atoms with van der Waals surface area (Å²) in [6.07, 6.45) is 2.22. The van der Waals surface area contributed by atoms with Crippen LogP contribution in [0.15, 0.2) is 30.3 Å². The van der Waals surface area contributed by atoms with E-state index in [2.05, 4.69) is 20.7 Å². The fourth-order valence-corrected chi connectivity index (χ4v) is 1.98. The Morgan fingerprint density at radius 3 is 2.65 bits per heavy atom. The second-order valence-electron chi connectivity index (χ2n) is 4.86. The molecule has 0 bridgehead atoms. The van der Waals surface area contributed by atoms with Crippen molar-refractivity contribution < 1.29 is 4.39 Å². The number of anilines is 2. The van der Waals surface area contributed by atoms with Gasteiger partial charge in [0.15, 0.2) is 0 Å². The first-order valence-corrected chi connectivity index (χ1v) is 6.59. The van der Waals surface area contributed by atoms with E-state index >= 15 is 0 Å². The lowest BCUT2D eigenvalue weighted by atomic mass is 10.2. The number of aromatic nitrogens is 2. The lowest BCUT2D eigenvalue weighted by molar-refractivity contribution is 0.613. The molecule has 104 valence electrons. The molecule has 1 aliphatic rings. The van der Waals surface area contributed by atoms with Crippen LogP contribution in [-0.4, -0.2) is 9.97 Å². The van der Waals surface area contributed by atoms with Gasteiger partial charge >= 0.3 is 0 Å². The van der Waals surface area contributed by atoms with Gasteiger partial charge in [-0.1, -0.05) is 18.2 Å². The summed E-state index contributed by atoms with van der Waals surface area (Å²) in [5.41, 5.74) is 3.13. The highest BCUT2D eigenvalue weighted by Crippen LogP contribution is 2.38. The molecule has 1 aromatic carbocycles. The molecule has 0 aliphatic heterocycles. The maximum absolute atomic E-state index is 13.6. The fraction of sp³-hybridized carbons (Fsp3) is 0.286. The third-order valence-corrected chi connectivity index (χ3v) is 3.25. The van der Waals surface area contributed by atoms with E-state index in [1.54, 1.807) is 18.2 Å². The molecular weight excluding hydrogens is 257 g/mol. The topological polar surface area (TPSA) is 75.9 Å². The first-order valence-electron chi connectivity index (χ1n) is 6.59. The van der Waals surface area contributed by atoms with Crippen molar-refractivity contribution in [2.24, 2.45) is 5.84 Å². The number of hydrazine groups is 1. The zero-order chi connectivity index (χ0) is 13.9. The predicted molar refractivity (Wildman–Crippen MR) is 75.5 cm³/mol. The van der Waals surface area contributed by atoms with Gasteiger partial charge in [-0.05, 0) is 18.9 Å². The summed E-state index contributed by atoms with van der Waals surface area (Å²) in [6.45, 7) is 0.373. The zero-order valence-corrected chi connectivity index (χ0v) is 10.9. The van der Waals surface area contributed by atoms with E-state index in [0.717, 1.165) is 18.7 Å². The quantitative estimate of drug-likeness (QED) is 0.576. The second kappa shape index (κ2) is 5.42. The third kappa shape index (κ3) is 2.85. The lowest BCUT2D eigenvalue weighted by Crippen LogP contribution is -2.12. The van der Waals surface area contributed by atoms with Crippen molar-refractivity contribution in [2.75, 3.05) is 10.7 Å². The van der Waals surface area contributed by atoms with Gasteiger partial charge in [-0.15, -0.1) is 0 Å². The van der Waals surface area contributed by atoms with Gasteiger partial charge in [0.25, 0.3) is 0 Å². The van der Waals surface area contributed by atoms with E-state index < -0.39 is 0 Å². The molecule has 2 aromatic rings. The van der Waals surface area contributed by atoms with E-state index in [9.17, 15) is 4.39 Å². The van der Waals surface area contributed by atoms with Crippen molar-refractivity contribution in [2.45, 2.75) is 25.3 Å². The van der Waals surface area contributed by atoms with Gasteiger partial charge in [-0.2, -0.15) is 0 Å². The van der Waals surface area contributed by atoms with Crippen molar-refractivity contribution >= 4 is 11.6 Å². The van der Waals surface area contributed by atoms with Crippen LogP contribution in [0.25, 0.3) is 0 Å². The molecular formula is C14H16FN5. The summed E-state index contributed by atoms with van der Waals surface area (Å²) in [7, 11) is 0. The van der Waals surface area contributed by atoms with Crippen LogP contribution in [0.3, 0.4) is 0 Å². The number of nitrogen functional groups attached to an aromatic ring is 1. The Bertz CT molecular complexity index is 612. The molecule has 0 radical (unpaired) electrons. The number of benzene rings is 1. The highest BCUT2D eigenvalue weighted by Gasteiger charge is 2.27. The monoisotopic (exact) mass is 273 g/mol. The number of halogens is 1. The Kier molecular flexibility index (Phi) is 3.47. The first-order chi connectivity index (χ1) is 9.76. The predicted octanol–water partition coefficient (Wildman–Crippen LogP) is 2.39. The van der Waals surface area contributed by atoms with Gasteiger partial charge in [0.1, 0.15) is 23.3 Å². The van der Waals surface area contributed by atoms with E-state index in [1.807, 2.05) is 6.07 Å². The van der Waals surface area contributed by atoms with Crippen LogP contribution in [0.5, 0.6) is 0 Å². The first kappa shape index (κ1) is 12.8. The lowest BCUT2D eigenvalue weighted by Gasteiger charge is -2.10. The van der Waals surface area contributed by atoms with Crippen LogP contribution in [0.4, 0.5) is 16.0 Å². The number of nitrogens with zero attached hydrogens (tertiary/aromatic N) is 2. The summed E-state index contributed by atoms with van der Waals surface area (Å²) in [6, 6.07) is 8.38. The Morgan fingerprint density at radius 1 is 1.20 bits per heavy atom. The Morgan fingerprint density at radius 2 is 1.95 bits per heavy atom. The highest BCUT2D eigenvalue weighted by molar-refractivity contribution is 5.47. The molecule has 1 aromatic heterocycles. The number of hydrogen-bond donors (Lipinski definition) is 3. The van der Waals surface area contributed by atoms with E-state index in [1.165, 1.54) is 6.07 Å². The largest absolute Gasteiger partial charge is 0.366 e. The van der Waals surface area contributed by atoms with E-state index in [4.69, 9.17) is 5.84 Å². The van der Waals surface area contributed by atoms with Crippen molar-refractivity contribution in [3.8, 4) is 0 Å². The molecule has 0 saturated heterocycles. The van der Waals surface area contributed by atoms with Crippen molar-refractivity contribution in [1.82, 2.24) is 9.97 Å². The van der Waals surface area contributed by atoms with Crippen LogP contribution in [0.1, 0.15) is 30.1 Å². The summed E-state index contributed by atoms with van der Waals surface area (Å²) in [4.78, 5) is 8.77. The molecule has 0 atom stereocenters. The third-order valence-electron chi connectivity index (χ3n) is 3.25. The summed E-state index contributed by atoms with van der Waals surface area (Å²) in [5.74, 6) is 7.62. The Balaban J connectivity index is 1.76. The second-order valence-corrected chi connectivity index (χ2v) is 4.86. The summed E-state index contributed by atoms with van der Waals surface area (Å²) >= 11 is 0. The molecule has 1 heterocycles. The van der Waals surface area contributed by atoms with Crippen molar-refractivity contribution in [3.63, 3.8) is 0 Å². The standard InChI is InChI=1S/C14H16FN5/c15-11-4-2-1-3-10(11)8-17-12-7-13(20-16)19-14(18-12)9-5-6-9/h1-4,7,9H,5-6,8,16H2,(H2,17,18,19,20). The van der Waals surface area contributed by atoms with Gasteiger partial charge in [-0.25, -0.2) is 20.2 Å². The average molecular weight is 273 g/mol. The van der Waals surface area contributed by atoms with Crippen molar-refractivity contribution in [1.29, 1.82) is 0 Å². The molecule has 0 spiro atoms. The average Bonchev–Trinajstić information content (AvgIpc) is 3.31. The summed E-state index contributed by atoms with van der Waals surface area (Å²) in [5, 5.41) is 3.11. The van der Waals surface area contributed by atoms with Gasteiger partial charge in [-0.3, -0.25) is 0 Å². The van der Waals surface area contributed by atoms with Gasteiger partial charge in [0, 0.05) is 24.1 Å². The van der Waals surface area contributed by atoms with Gasteiger partial charge in [0.05, 0.1) is 0 Å². The molecule has 4 N–H and O–H groups in total. The Hall–Kier alpha value is -2.21. The minimum atomic E-state index is -0.228. The SMILES string of the molecule is NNc1cc(NCc2ccccc2F)nc(C2CC2)n1. The molecule has 1 saturated carbocycles. The Labute approximate surface area is 116 Å². The van der Waals surface area contributed by atoms with E-state index in [0.29, 0.717) is 29.7 Å². The maximum Gasteiger partial charge on any atom is 0.145 e. The number of rotatable bonds is 5. The van der Waals surface area contributed by atoms with Crippen LogP contribution in [0, 0.1) is 5.82 Å². The summed E-state index contributed by atoms with van der Waals surface area (Å²) < 4.78 is 13.6. The zero-order valence-electron chi connectivity index (χ0n) is 10.9. The normalized spacial score (nSPS) is 14.1. The smallest absolute Gasteiger partial charge is 0.145 e. The molecule has 1 aliphatic carbocycles. The molecule has 0 amide bonds. The van der Waals surface area contributed by atoms with E-state index in [-0.39, 0.29) is 5.82 Å². The number of nitrogens with one attached hydrogen (secondary N) is 2.